The number of aliphatic hydroxyl groups is 1. The monoisotopic (exact) mass is 420 g/mol. The van der Waals surface area contributed by atoms with Crippen molar-refractivity contribution in [3.63, 3.8) is 0 Å². The minimum Gasteiger partial charge on any atom is -0.507 e. The first-order valence-electron chi connectivity index (χ1n) is 8.97. The fraction of sp³-hybridized carbons (Fsp3) is 0.0476. The van der Waals surface area contributed by atoms with Crippen molar-refractivity contribution in [3.05, 3.63) is 99.6 Å². The van der Waals surface area contributed by atoms with E-state index in [1.54, 1.807) is 0 Å². The Morgan fingerprint density at radius 2 is 1.74 bits per heavy atom. The van der Waals surface area contributed by atoms with E-state index in [9.17, 15) is 29.2 Å². The van der Waals surface area contributed by atoms with Crippen LogP contribution in [0.1, 0.15) is 17.2 Å². The lowest BCUT2D eigenvalue weighted by molar-refractivity contribution is -0.384. The van der Waals surface area contributed by atoms with E-state index < -0.39 is 34.2 Å². The summed E-state index contributed by atoms with van der Waals surface area (Å²) in [5.74, 6) is -3.24. The van der Waals surface area contributed by atoms with Gasteiger partial charge in [-0.25, -0.2) is 14.4 Å². The van der Waals surface area contributed by atoms with E-state index in [-0.39, 0.29) is 28.3 Å². The van der Waals surface area contributed by atoms with Crippen molar-refractivity contribution in [2.24, 2.45) is 0 Å². The Kier molecular flexibility index (Phi) is 4.96. The number of nitro groups is 1. The Morgan fingerprint density at radius 3 is 2.39 bits per heavy atom. The molecule has 1 saturated heterocycles. The van der Waals surface area contributed by atoms with Gasteiger partial charge in [0.15, 0.2) is 0 Å². The minimum absolute atomic E-state index is 0.101. The van der Waals surface area contributed by atoms with Gasteiger partial charge in [-0.3, -0.25) is 24.6 Å². The van der Waals surface area contributed by atoms with Crippen molar-refractivity contribution in [3.8, 4) is 0 Å². The lowest BCUT2D eigenvalue weighted by Crippen LogP contribution is -2.31. The van der Waals surface area contributed by atoms with E-state index in [1.165, 1.54) is 54.9 Å². The quantitative estimate of drug-likeness (QED) is 0.226. The highest BCUT2D eigenvalue weighted by molar-refractivity contribution is 6.51. The molecular formula is C21H13FN4O5. The Bertz CT molecular complexity index is 1230. The second-order valence-electron chi connectivity index (χ2n) is 6.58. The number of hydrogen-bond acceptors (Lipinski definition) is 7. The van der Waals surface area contributed by atoms with Crippen LogP contribution in [0, 0.1) is 15.9 Å². The molecule has 1 atom stereocenters. The number of amides is 1. The Hall–Kier alpha value is -4.47. The largest absolute Gasteiger partial charge is 0.507 e. The molecule has 0 radical (unpaired) electrons. The standard InChI is InChI=1S/C21H13FN4O5/c22-14-7-5-12(6-8-14)18(27)16-17(13-3-1-4-15(11-13)26(30)31)25(20(29)19(16)28)21-23-9-2-10-24-21/h1-11,17,27H/t17-/m1/s1. The molecule has 0 aliphatic carbocycles. The summed E-state index contributed by atoms with van der Waals surface area (Å²) in [5.41, 5.74) is -0.281. The van der Waals surface area contributed by atoms with E-state index in [1.807, 2.05) is 0 Å². The number of halogens is 1. The molecule has 0 bridgehead atoms. The number of Topliss-reactive ketones (excluding diaryl/α,β-unsaturated/α-hetero) is 1. The van der Waals surface area contributed by atoms with Crippen LogP contribution in [0.25, 0.3) is 5.76 Å². The van der Waals surface area contributed by atoms with Crippen molar-refractivity contribution in [1.82, 2.24) is 9.97 Å². The van der Waals surface area contributed by atoms with Gasteiger partial charge in [0.1, 0.15) is 11.6 Å². The molecule has 31 heavy (non-hydrogen) atoms. The molecule has 1 aliphatic rings. The third kappa shape index (κ3) is 3.50. The van der Waals surface area contributed by atoms with Gasteiger partial charge < -0.3 is 5.11 Å². The van der Waals surface area contributed by atoms with Crippen LogP contribution in [0.3, 0.4) is 0 Å². The normalized spacial score (nSPS) is 17.7. The number of rotatable bonds is 4. The topological polar surface area (TPSA) is 127 Å². The average Bonchev–Trinajstić information content (AvgIpc) is 3.05. The van der Waals surface area contributed by atoms with E-state index in [0.29, 0.717) is 0 Å². The smallest absolute Gasteiger partial charge is 0.302 e. The van der Waals surface area contributed by atoms with E-state index in [0.717, 1.165) is 17.0 Å². The summed E-state index contributed by atoms with van der Waals surface area (Å²) in [6.07, 6.45) is 2.73. The summed E-state index contributed by atoms with van der Waals surface area (Å²) in [4.78, 5) is 45.4. The fourth-order valence-corrected chi connectivity index (χ4v) is 3.34. The number of aromatic nitrogens is 2. The highest BCUT2D eigenvalue weighted by Gasteiger charge is 2.48. The molecule has 10 heteroatoms. The van der Waals surface area contributed by atoms with Crippen LogP contribution in [-0.2, 0) is 9.59 Å². The molecule has 2 aromatic carbocycles. The van der Waals surface area contributed by atoms with Crippen LogP contribution in [0.5, 0.6) is 0 Å². The van der Waals surface area contributed by atoms with Crippen molar-refractivity contribution in [2.75, 3.05) is 4.90 Å². The van der Waals surface area contributed by atoms with Gasteiger partial charge in [-0.2, -0.15) is 0 Å². The second-order valence-corrected chi connectivity index (χ2v) is 6.58. The van der Waals surface area contributed by atoms with E-state index in [2.05, 4.69) is 9.97 Å². The van der Waals surface area contributed by atoms with Crippen molar-refractivity contribution in [1.29, 1.82) is 0 Å². The van der Waals surface area contributed by atoms with Gasteiger partial charge in [-0.05, 0) is 35.9 Å². The predicted octanol–water partition coefficient (Wildman–Crippen LogP) is 3.15. The number of carbonyl (C=O) groups is 2. The van der Waals surface area contributed by atoms with Gasteiger partial charge >= 0.3 is 5.91 Å². The Balaban J connectivity index is 1.96. The van der Waals surface area contributed by atoms with Gasteiger partial charge in [0, 0.05) is 30.1 Å². The number of benzene rings is 2. The van der Waals surface area contributed by atoms with E-state index in [4.69, 9.17) is 0 Å². The number of non-ortho nitro benzene ring substituents is 1. The van der Waals surface area contributed by atoms with Gasteiger partial charge in [0.2, 0.25) is 5.95 Å². The number of ketones is 1. The molecule has 1 amide bonds. The van der Waals surface area contributed by atoms with Crippen molar-refractivity contribution < 1.29 is 24.0 Å². The number of anilines is 1. The lowest BCUT2D eigenvalue weighted by atomic mass is 9.95. The molecule has 1 N–H and O–H groups in total. The van der Waals surface area contributed by atoms with Crippen LogP contribution in [-0.4, -0.2) is 31.7 Å². The summed E-state index contributed by atoms with van der Waals surface area (Å²) in [5, 5.41) is 22.1. The highest BCUT2D eigenvalue weighted by Crippen LogP contribution is 2.41. The van der Waals surface area contributed by atoms with Crippen LogP contribution in [0.15, 0.2) is 72.6 Å². The molecule has 2 heterocycles. The minimum atomic E-state index is -1.23. The average molecular weight is 420 g/mol. The first-order chi connectivity index (χ1) is 14.9. The summed E-state index contributed by atoms with van der Waals surface area (Å²) in [7, 11) is 0. The van der Waals surface area contributed by atoms with Gasteiger partial charge in [-0.1, -0.05) is 12.1 Å². The molecule has 1 fully saturated rings. The number of carbonyl (C=O) groups excluding carboxylic acids is 2. The lowest BCUT2D eigenvalue weighted by Gasteiger charge is -2.23. The van der Waals surface area contributed by atoms with Crippen molar-refractivity contribution >= 4 is 29.1 Å². The number of nitrogens with zero attached hydrogens (tertiary/aromatic N) is 4. The third-order valence-electron chi connectivity index (χ3n) is 4.73. The first kappa shape index (κ1) is 19.8. The van der Waals surface area contributed by atoms with Gasteiger partial charge in [0.05, 0.1) is 16.5 Å². The third-order valence-corrected chi connectivity index (χ3v) is 4.73. The van der Waals surface area contributed by atoms with Crippen LogP contribution in [0.4, 0.5) is 16.0 Å². The van der Waals surface area contributed by atoms with E-state index >= 15 is 0 Å². The zero-order chi connectivity index (χ0) is 22.1. The Labute approximate surface area is 174 Å². The first-order valence-corrected chi connectivity index (χ1v) is 8.97. The zero-order valence-electron chi connectivity index (χ0n) is 15.7. The summed E-state index contributed by atoms with van der Waals surface area (Å²) in [6.45, 7) is 0. The van der Waals surface area contributed by atoms with Crippen molar-refractivity contribution in [2.45, 2.75) is 6.04 Å². The maximum absolute atomic E-state index is 13.3. The van der Waals surface area contributed by atoms with Gasteiger partial charge in [-0.15, -0.1) is 0 Å². The molecule has 3 aromatic rings. The van der Waals surface area contributed by atoms with Crippen LogP contribution >= 0.6 is 0 Å². The number of hydrogen-bond donors (Lipinski definition) is 1. The summed E-state index contributed by atoms with van der Waals surface area (Å²) in [6, 6.07) is 10.3. The molecule has 154 valence electrons. The van der Waals surface area contributed by atoms with Crippen LogP contribution in [0.2, 0.25) is 0 Å². The Morgan fingerprint density at radius 1 is 1.06 bits per heavy atom. The molecule has 9 nitrogen and oxygen atoms in total. The summed E-state index contributed by atoms with van der Waals surface area (Å²) < 4.78 is 13.3. The fourth-order valence-electron chi connectivity index (χ4n) is 3.34. The molecule has 0 spiro atoms. The summed E-state index contributed by atoms with van der Waals surface area (Å²) >= 11 is 0. The number of aliphatic hydroxyl groups excluding tert-OH is 1. The molecular weight excluding hydrogens is 407 g/mol. The highest BCUT2D eigenvalue weighted by atomic mass is 19.1. The number of nitro benzene ring substituents is 1. The molecule has 1 aliphatic heterocycles. The molecule has 0 unspecified atom stereocenters. The maximum atomic E-state index is 13.3. The second kappa shape index (κ2) is 7.75. The molecule has 1 aromatic heterocycles. The SMILES string of the molecule is O=C1C(=O)N(c2ncccn2)[C@H](c2cccc([N+](=O)[O-])c2)C1=C(O)c1ccc(F)cc1. The predicted molar refractivity (Wildman–Crippen MR) is 106 cm³/mol. The molecule has 4 rings (SSSR count). The molecule has 0 saturated carbocycles. The van der Waals surface area contributed by atoms with Crippen LogP contribution < -0.4 is 4.90 Å². The van der Waals surface area contributed by atoms with Gasteiger partial charge in [0.25, 0.3) is 11.5 Å². The zero-order valence-corrected chi connectivity index (χ0v) is 15.7. The maximum Gasteiger partial charge on any atom is 0.302 e.